The minimum absolute atomic E-state index is 0.0899. The fourth-order valence-electron chi connectivity index (χ4n) is 2.36. The maximum Gasteiger partial charge on any atom is 0.407 e. The Kier molecular flexibility index (Phi) is 11.2. The highest BCUT2D eigenvalue weighted by Gasteiger charge is 2.15. The molecule has 0 bridgehead atoms. The van der Waals surface area contributed by atoms with E-state index in [1.165, 1.54) is 0 Å². The molecule has 0 aromatic heterocycles. The second kappa shape index (κ2) is 13.1. The number of alkyl carbamates (subject to hydrolysis) is 1. The maximum absolute atomic E-state index is 11.4. The Hall–Kier alpha value is -2.23. The standard InChI is InChI=1S/C20H34N2O7/c1-20(2,3)29-19(24)22-7-9-28-11-10-27-8-6-21-14-16-17(25-4)12-15(23)13-18(16)26-5/h12-13,21,23H,6-11,14H2,1-5H3,(H,22,24). The average Bonchev–Trinajstić information content (AvgIpc) is 2.64. The van der Waals surface area contributed by atoms with Crippen LogP contribution in [-0.2, 0) is 20.8 Å². The summed E-state index contributed by atoms with van der Waals surface area (Å²) in [6, 6.07) is 3.09. The largest absolute Gasteiger partial charge is 0.508 e. The number of amides is 1. The molecule has 0 saturated carbocycles. The second-order valence-corrected chi connectivity index (χ2v) is 7.16. The minimum Gasteiger partial charge on any atom is -0.508 e. The number of rotatable bonds is 13. The average molecular weight is 414 g/mol. The summed E-state index contributed by atoms with van der Waals surface area (Å²) in [5.74, 6) is 1.21. The smallest absolute Gasteiger partial charge is 0.407 e. The van der Waals surface area contributed by atoms with Crippen molar-refractivity contribution in [3.63, 3.8) is 0 Å². The van der Waals surface area contributed by atoms with Crippen LogP contribution in [0.2, 0.25) is 0 Å². The molecule has 9 nitrogen and oxygen atoms in total. The quantitative estimate of drug-likeness (QED) is 0.421. The number of benzene rings is 1. The first-order valence-corrected chi connectivity index (χ1v) is 9.53. The Labute approximate surface area is 172 Å². The molecule has 1 rings (SSSR count). The van der Waals surface area contributed by atoms with Crippen molar-refractivity contribution in [1.29, 1.82) is 0 Å². The number of aromatic hydroxyl groups is 1. The lowest BCUT2D eigenvalue weighted by Crippen LogP contribution is -2.34. The summed E-state index contributed by atoms with van der Waals surface area (Å²) in [4.78, 5) is 11.4. The van der Waals surface area contributed by atoms with Crippen LogP contribution in [-0.4, -0.2) is 70.5 Å². The van der Waals surface area contributed by atoms with Crippen LogP contribution in [0.15, 0.2) is 12.1 Å². The van der Waals surface area contributed by atoms with Crippen LogP contribution in [0.1, 0.15) is 26.3 Å². The van der Waals surface area contributed by atoms with E-state index in [0.29, 0.717) is 57.6 Å². The van der Waals surface area contributed by atoms with Crippen LogP contribution in [0.3, 0.4) is 0 Å². The predicted molar refractivity (Wildman–Crippen MR) is 109 cm³/mol. The van der Waals surface area contributed by atoms with Crippen LogP contribution in [0.25, 0.3) is 0 Å². The van der Waals surface area contributed by atoms with Gasteiger partial charge in [-0.2, -0.15) is 0 Å². The van der Waals surface area contributed by atoms with Gasteiger partial charge in [-0.3, -0.25) is 0 Å². The monoisotopic (exact) mass is 414 g/mol. The van der Waals surface area contributed by atoms with E-state index in [1.54, 1.807) is 26.4 Å². The Bertz CT molecular complexity index is 592. The third-order valence-corrected chi connectivity index (χ3v) is 3.60. The zero-order chi connectivity index (χ0) is 21.7. The van der Waals surface area contributed by atoms with Crippen LogP contribution < -0.4 is 20.1 Å². The van der Waals surface area contributed by atoms with Crippen molar-refractivity contribution in [2.24, 2.45) is 0 Å². The number of phenols is 1. The number of ether oxygens (including phenoxy) is 5. The summed E-state index contributed by atoms with van der Waals surface area (Å²) >= 11 is 0. The summed E-state index contributed by atoms with van der Waals surface area (Å²) < 4.78 is 26.6. The number of carbonyl (C=O) groups excluding carboxylic acids is 1. The lowest BCUT2D eigenvalue weighted by atomic mass is 10.1. The third kappa shape index (κ3) is 10.8. The van der Waals surface area contributed by atoms with Gasteiger partial charge in [0.2, 0.25) is 0 Å². The fourth-order valence-corrected chi connectivity index (χ4v) is 2.36. The molecule has 0 aliphatic carbocycles. The molecule has 0 saturated heterocycles. The Balaban J connectivity index is 2.08. The molecule has 0 aliphatic rings. The summed E-state index contributed by atoms with van der Waals surface area (Å²) in [6.07, 6.45) is -0.453. The van der Waals surface area contributed by atoms with E-state index in [-0.39, 0.29) is 5.75 Å². The molecule has 0 fully saturated rings. The predicted octanol–water partition coefficient (Wildman–Crippen LogP) is 2.06. The fraction of sp³-hybridized carbons (Fsp3) is 0.650. The number of hydrogen-bond acceptors (Lipinski definition) is 8. The number of carbonyl (C=O) groups is 1. The van der Waals surface area contributed by atoms with Crippen LogP contribution in [0, 0.1) is 0 Å². The first-order chi connectivity index (χ1) is 13.8. The second-order valence-electron chi connectivity index (χ2n) is 7.16. The first-order valence-electron chi connectivity index (χ1n) is 9.53. The molecular weight excluding hydrogens is 380 g/mol. The van der Waals surface area contributed by atoms with Crippen molar-refractivity contribution in [2.45, 2.75) is 32.9 Å². The van der Waals surface area contributed by atoms with Crippen LogP contribution in [0.4, 0.5) is 4.79 Å². The van der Waals surface area contributed by atoms with Gasteiger partial charge in [0.15, 0.2) is 0 Å². The molecule has 0 heterocycles. The highest BCUT2D eigenvalue weighted by Crippen LogP contribution is 2.33. The van der Waals surface area contributed by atoms with Gasteiger partial charge in [0.1, 0.15) is 22.8 Å². The summed E-state index contributed by atoms with van der Waals surface area (Å²) in [6.45, 7) is 8.77. The molecule has 0 atom stereocenters. The number of hydrogen-bond donors (Lipinski definition) is 3. The van der Waals surface area contributed by atoms with Crippen molar-refractivity contribution in [1.82, 2.24) is 10.6 Å². The van der Waals surface area contributed by atoms with Crippen molar-refractivity contribution < 1.29 is 33.6 Å². The van der Waals surface area contributed by atoms with Crippen molar-refractivity contribution in [3.05, 3.63) is 17.7 Å². The topological polar surface area (TPSA) is 108 Å². The van der Waals surface area contributed by atoms with E-state index in [4.69, 9.17) is 23.7 Å². The summed E-state index contributed by atoms with van der Waals surface area (Å²) in [5.41, 5.74) is 0.319. The molecule has 166 valence electrons. The summed E-state index contributed by atoms with van der Waals surface area (Å²) in [5, 5.41) is 15.5. The van der Waals surface area contributed by atoms with Gasteiger partial charge in [0.25, 0.3) is 0 Å². The molecule has 0 aliphatic heterocycles. The van der Waals surface area contributed by atoms with E-state index in [1.807, 2.05) is 20.8 Å². The number of methoxy groups -OCH3 is 2. The highest BCUT2D eigenvalue weighted by molar-refractivity contribution is 5.67. The van der Waals surface area contributed by atoms with Gasteiger partial charge in [-0.25, -0.2) is 4.79 Å². The molecule has 29 heavy (non-hydrogen) atoms. The molecule has 0 unspecified atom stereocenters. The van der Waals surface area contributed by atoms with Gasteiger partial charge >= 0.3 is 6.09 Å². The minimum atomic E-state index is -0.509. The van der Waals surface area contributed by atoms with Gasteiger partial charge in [0.05, 0.1) is 46.2 Å². The molecule has 1 amide bonds. The van der Waals surface area contributed by atoms with Gasteiger partial charge < -0.3 is 39.4 Å². The van der Waals surface area contributed by atoms with Crippen molar-refractivity contribution in [2.75, 3.05) is 53.7 Å². The summed E-state index contributed by atoms with van der Waals surface area (Å²) in [7, 11) is 3.09. The highest BCUT2D eigenvalue weighted by atomic mass is 16.6. The maximum atomic E-state index is 11.4. The molecule has 3 N–H and O–H groups in total. The number of nitrogens with one attached hydrogen (secondary N) is 2. The molecule has 0 spiro atoms. The first kappa shape index (κ1) is 24.8. The lowest BCUT2D eigenvalue weighted by Gasteiger charge is -2.19. The van der Waals surface area contributed by atoms with E-state index in [2.05, 4.69) is 10.6 Å². The Morgan fingerprint density at radius 2 is 1.52 bits per heavy atom. The Morgan fingerprint density at radius 1 is 0.966 bits per heavy atom. The molecule has 0 radical (unpaired) electrons. The molecule has 1 aromatic carbocycles. The number of phenolic OH excluding ortho intramolecular Hbond substituents is 1. The lowest BCUT2D eigenvalue weighted by molar-refractivity contribution is 0.0403. The van der Waals surface area contributed by atoms with E-state index < -0.39 is 11.7 Å². The van der Waals surface area contributed by atoms with Gasteiger partial charge in [0, 0.05) is 31.8 Å². The van der Waals surface area contributed by atoms with E-state index in [9.17, 15) is 9.90 Å². The zero-order valence-corrected chi connectivity index (χ0v) is 18.0. The van der Waals surface area contributed by atoms with Crippen LogP contribution >= 0.6 is 0 Å². The third-order valence-electron chi connectivity index (χ3n) is 3.60. The van der Waals surface area contributed by atoms with Gasteiger partial charge in [-0.05, 0) is 20.8 Å². The molecule has 9 heteroatoms. The van der Waals surface area contributed by atoms with Gasteiger partial charge in [-0.1, -0.05) is 0 Å². The van der Waals surface area contributed by atoms with Crippen LogP contribution in [0.5, 0.6) is 17.2 Å². The van der Waals surface area contributed by atoms with E-state index in [0.717, 1.165) is 5.56 Å². The van der Waals surface area contributed by atoms with Crippen molar-refractivity contribution in [3.8, 4) is 17.2 Å². The molecule has 1 aromatic rings. The molecular formula is C20H34N2O7. The Morgan fingerprint density at radius 3 is 2.03 bits per heavy atom. The van der Waals surface area contributed by atoms with E-state index >= 15 is 0 Å². The SMILES string of the molecule is COc1cc(O)cc(OC)c1CNCCOCCOCCNC(=O)OC(C)(C)C. The normalized spacial score (nSPS) is 11.2. The van der Waals surface area contributed by atoms with Gasteiger partial charge in [-0.15, -0.1) is 0 Å². The zero-order valence-electron chi connectivity index (χ0n) is 18.0. The van der Waals surface area contributed by atoms with Crippen molar-refractivity contribution >= 4 is 6.09 Å².